The fraction of sp³-hybridized carbons (Fsp3) is 0.615. The second-order valence-electron chi connectivity index (χ2n) is 5.80. The van der Waals surface area contributed by atoms with E-state index in [1.807, 2.05) is 5.09 Å². The molecule has 0 bridgehead atoms. The van der Waals surface area contributed by atoms with Crippen molar-refractivity contribution in [3.63, 3.8) is 0 Å². The number of rotatable bonds is 8. The van der Waals surface area contributed by atoms with Gasteiger partial charge in [0.1, 0.15) is 30.2 Å². The number of ether oxygens (including phenoxy) is 2. The van der Waals surface area contributed by atoms with Crippen LogP contribution in [0.15, 0.2) is 17.1 Å². The lowest BCUT2D eigenvalue weighted by Gasteiger charge is -2.20. The number of nitrogen functional groups attached to an aromatic ring is 1. The molecule has 1 aliphatic heterocycles. The highest BCUT2D eigenvalue weighted by Crippen LogP contribution is 2.39. The van der Waals surface area contributed by atoms with E-state index in [1.54, 1.807) is 0 Å². The first kappa shape index (κ1) is 21.4. The molecule has 1 aromatic heterocycles. The summed E-state index contributed by atoms with van der Waals surface area (Å²) in [6.07, 6.45) is -3.20. The molecule has 13 nitrogen and oxygen atoms in total. The molecule has 0 radical (unpaired) electrons. The summed E-state index contributed by atoms with van der Waals surface area (Å²) in [5.74, 6) is -1.34. The first-order valence-electron chi connectivity index (χ1n) is 7.74. The quantitative estimate of drug-likeness (QED) is 0.306. The number of nitrogens with two attached hydrogens (primary N) is 1. The molecule has 1 saturated heterocycles. The molecule has 0 spiro atoms. The largest absolute Gasteiger partial charge is 0.480 e. The molecule has 1 aromatic rings. The number of carboxylic acid groups (broad SMARTS) is 1. The minimum absolute atomic E-state index is 0.00323. The molecule has 2 rings (SSSR count). The molecule has 0 amide bonds. The Hall–Kier alpha value is -1.86. The van der Waals surface area contributed by atoms with Crippen molar-refractivity contribution in [3.8, 4) is 0 Å². The molecule has 2 heterocycles. The first-order chi connectivity index (χ1) is 12.6. The number of methoxy groups -OCH3 is 1. The minimum atomic E-state index is -4.48. The van der Waals surface area contributed by atoms with Crippen molar-refractivity contribution in [2.24, 2.45) is 0 Å². The Morgan fingerprint density at radius 1 is 1.59 bits per heavy atom. The van der Waals surface area contributed by atoms with Gasteiger partial charge >= 0.3 is 19.4 Å². The maximum absolute atomic E-state index is 12.0. The molecule has 1 aliphatic rings. The number of carboxylic acids is 1. The maximum Gasteiger partial charge on any atom is 0.403 e. The molecule has 0 aliphatic carbocycles. The Morgan fingerprint density at radius 2 is 2.26 bits per heavy atom. The molecular formula is C13H21N4O9P. The fourth-order valence-electron chi connectivity index (χ4n) is 2.47. The summed E-state index contributed by atoms with van der Waals surface area (Å²) in [7, 11) is -3.19. The highest BCUT2D eigenvalue weighted by atomic mass is 31.2. The zero-order valence-corrected chi connectivity index (χ0v) is 15.4. The van der Waals surface area contributed by atoms with Gasteiger partial charge in [0.05, 0.1) is 6.61 Å². The second-order valence-corrected chi connectivity index (χ2v) is 7.36. The van der Waals surface area contributed by atoms with Crippen molar-refractivity contribution in [1.29, 1.82) is 0 Å². The molecule has 1 unspecified atom stereocenters. The van der Waals surface area contributed by atoms with Crippen LogP contribution in [0.2, 0.25) is 0 Å². The third-order valence-electron chi connectivity index (χ3n) is 3.85. The van der Waals surface area contributed by atoms with Crippen LogP contribution in [0.5, 0.6) is 0 Å². The number of hydrogen-bond acceptors (Lipinski definition) is 9. The Morgan fingerprint density at radius 3 is 2.81 bits per heavy atom. The Balaban J connectivity index is 2.10. The van der Waals surface area contributed by atoms with Crippen LogP contribution >= 0.6 is 7.75 Å². The van der Waals surface area contributed by atoms with Crippen LogP contribution in [0.3, 0.4) is 0 Å². The highest BCUT2D eigenvalue weighted by Gasteiger charge is 2.46. The van der Waals surface area contributed by atoms with Crippen LogP contribution in [-0.4, -0.2) is 68.7 Å². The van der Waals surface area contributed by atoms with E-state index in [4.69, 9.17) is 24.8 Å². The normalized spacial score (nSPS) is 28.6. The lowest BCUT2D eigenvalue weighted by Crippen LogP contribution is -2.38. The number of aliphatic carboxylic acids is 1. The van der Waals surface area contributed by atoms with Gasteiger partial charge in [-0.05, 0) is 13.0 Å². The van der Waals surface area contributed by atoms with Crippen molar-refractivity contribution in [1.82, 2.24) is 14.6 Å². The van der Waals surface area contributed by atoms with Crippen LogP contribution in [0.4, 0.5) is 5.82 Å². The topological polar surface area (TPSA) is 195 Å². The lowest BCUT2D eigenvalue weighted by molar-refractivity contribution is -0.138. The van der Waals surface area contributed by atoms with Crippen LogP contribution in [-0.2, 0) is 23.4 Å². The van der Waals surface area contributed by atoms with E-state index in [9.17, 15) is 24.2 Å². The Kier molecular flexibility index (Phi) is 6.70. The summed E-state index contributed by atoms with van der Waals surface area (Å²) in [5, 5.41) is 21.0. The van der Waals surface area contributed by atoms with E-state index in [1.165, 1.54) is 19.4 Å². The summed E-state index contributed by atoms with van der Waals surface area (Å²) in [6, 6.07) is 0.0152. The van der Waals surface area contributed by atoms with Crippen LogP contribution in [0.1, 0.15) is 13.2 Å². The van der Waals surface area contributed by atoms with E-state index in [0.29, 0.717) is 0 Å². The summed E-state index contributed by atoms with van der Waals surface area (Å²) in [5.41, 5.74) is 4.70. The Labute approximate surface area is 153 Å². The van der Waals surface area contributed by atoms with Gasteiger partial charge in [-0.15, -0.1) is 0 Å². The molecule has 14 heteroatoms. The second kappa shape index (κ2) is 8.44. The molecule has 1 fully saturated rings. The van der Waals surface area contributed by atoms with Crippen molar-refractivity contribution in [3.05, 3.63) is 22.7 Å². The van der Waals surface area contributed by atoms with Gasteiger partial charge in [0, 0.05) is 13.3 Å². The molecule has 152 valence electrons. The smallest absolute Gasteiger partial charge is 0.403 e. The third-order valence-corrected chi connectivity index (χ3v) is 5.06. The van der Waals surface area contributed by atoms with Gasteiger partial charge in [-0.1, -0.05) is 0 Å². The zero-order chi connectivity index (χ0) is 20.4. The third kappa shape index (κ3) is 5.11. The summed E-state index contributed by atoms with van der Waals surface area (Å²) in [6.45, 7) is 0.592. The summed E-state index contributed by atoms with van der Waals surface area (Å²) in [4.78, 5) is 36.0. The first-order valence-corrected chi connectivity index (χ1v) is 9.32. The van der Waals surface area contributed by atoms with Crippen LogP contribution in [0.25, 0.3) is 0 Å². The van der Waals surface area contributed by atoms with Crippen molar-refractivity contribution < 1.29 is 38.5 Å². The number of aliphatic hydroxyl groups is 1. The van der Waals surface area contributed by atoms with Crippen molar-refractivity contribution >= 4 is 19.5 Å². The standard InChI is InChI=1S/C13H21N4O9P/c1-6(12(19)20)16-27(22,23)25-5-7-9(18)10(24-2)11(26-7)17-4-3-8(14)15-13(17)21/h3-4,6-7,9-11,18H,5H2,1-2H3,(H,19,20)(H2,14,15,21)(H2,16,22,23)/t6-,7+,9+,10+,11+/m0/s1. The molecule has 6 N–H and O–H groups in total. The molecule has 0 aromatic carbocycles. The summed E-state index contributed by atoms with van der Waals surface area (Å²) < 4.78 is 28.5. The predicted octanol–water partition coefficient (Wildman–Crippen LogP) is -1.72. The number of nitrogens with zero attached hydrogens (tertiary/aromatic N) is 2. The van der Waals surface area contributed by atoms with Crippen molar-refractivity contribution in [2.45, 2.75) is 37.5 Å². The number of hydrogen-bond donors (Lipinski definition) is 5. The average molecular weight is 408 g/mol. The summed E-state index contributed by atoms with van der Waals surface area (Å²) >= 11 is 0. The predicted molar refractivity (Wildman–Crippen MR) is 89.6 cm³/mol. The Bertz CT molecular complexity index is 787. The number of carbonyl (C=O) groups is 1. The SMILES string of the molecule is CO[C@@H]1[C@H](O)[C@@H](COP(=O)(O)N[C@@H](C)C(=O)O)O[C@H]1n1ccc(N)nc1=O. The number of aliphatic hydroxyl groups excluding tert-OH is 1. The molecule has 27 heavy (non-hydrogen) atoms. The van der Waals surface area contributed by atoms with Gasteiger partial charge in [-0.25, -0.2) is 14.4 Å². The zero-order valence-electron chi connectivity index (χ0n) is 14.5. The van der Waals surface area contributed by atoms with Gasteiger partial charge in [0.25, 0.3) is 0 Å². The number of nitrogens with one attached hydrogen (secondary N) is 1. The van der Waals surface area contributed by atoms with E-state index < -0.39 is 56.6 Å². The fourth-order valence-corrected chi connectivity index (χ4v) is 3.49. The van der Waals surface area contributed by atoms with Crippen molar-refractivity contribution in [2.75, 3.05) is 19.5 Å². The van der Waals surface area contributed by atoms with E-state index in [2.05, 4.69) is 4.98 Å². The van der Waals surface area contributed by atoms with Gasteiger partial charge < -0.3 is 30.3 Å². The van der Waals surface area contributed by atoms with E-state index in [-0.39, 0.29) is 5.82 Å². The minimum Gasteiger partial charge on any atom is -0.480 e. The maximum atomic E-state index is 12.0. The van der Waals surface area contributed by atoms with E-state index >= 15 is 0 Å². The molecule has 6 atom stereocenters. The van der Waals surface area contributed by atoms with Gasteiger partial charge in [0.15, 0.2) is 6.23 Å². The van der Waals surface area contributed by atoms with Gasteiger partial charge in [0.2, 0.25) is 0 Å². The highest BCUT2D eigenvalue weighted by molar-refractivity contribution is 7.50. The number of aromatic nitrogens is 2. The lowest BCUT2D eigenvalue weighted by atomic mass is 10.1. The van der Waals surface area contributed by atoms with E-state index in [0.717, 1.165) is 11.5 Å². The van der Waals surface area contributed by atoms with Gasteiger partial charge in [-0.3, -0.25) is 13.9 Å². The average Bonchev–Trinajstić information content (AvgIpc) is 2.88. The van der Waals surface area contributed by atoms with Gasteiger partial charge in [-0.2, -0.15) is 4.98 Å². The van der Waals surface area contributed by atoms with Crippen LogP contribution in [0, 0.1) is 0 Å². The number of anilines is 1. The molecular weight excluding hydrogens is 387 g/mol. The molecule has 0 saturated carbocycles. The monoisotopic (exact) mass is 408 g/mol. The van der Waals surface area contributed by atoms with Crippen LogP contribution < -0.4 is 16.5 Å².